The summed E-state index contributed by atoms with van der Waals surface area (Å²) in [7, 11) is 0. The largest absolute Gasteiger partial charge is 0.476 e. The summed E-state index contributed by atoms with van der Waals surface area (Å²) in [6.07, 6.45) is 1.53. The smallest absolute Gasteiger partial charge is 0.350 e. The fraction of sp³-hybridized carbons (Fsp3) is 0.375. The first-order valence-corrected chi connectivity index (χ1v) is 10.3. The fourth-order valence-electron chi connectivity index (χ4n) is 3.39. The molecule has 3 rings (SSSR count). The Labute approximate surface area is 182 Å². The van der Waals surface area contributed by atoms with E-state index >= 15 is 0 Å². The van der Waals surface area contributed by atoms with Gasteiger partial charge in [-0.3, -0.25) is 0 Å². The molecule has 0 unspecified atom stereocenters. The van der Waals surface area contributed by atoms with Crippen LogP contribution in [0.5, 0.6) is 5.75 Å². The summed E-state index contributed by atoms with van der Waals surface area (Å²) in [5.41, 5.74) is 3.27. The number of benzene rings is 2. The van der Waals surface area contributed by atoms with Gasteiger partial charge in [0.15, 0.2) is 5.60 Å². The van der Waals surface area contributed by atoms with Crippen LogP contribution in [0, 0.1) is 20.8 Å². The molecule has 3 aromatic rings. The van der Waals surface area contributed by atoms with E-state index in [-0.39, 0.29) is 5.69 Å². The molecule has 164 valence electrons. The van der Waals surface area contributed by atoms with Gasteiger partial charge in [-0.2, -0.15) is 5.10 Å². The number of ether oxygens (including phenoxy) is 2. The van der Waals surface area contributed by atoms with Crippen molar-refractivity contribution in [2.45, 2.75) is 53.7 Å². The van der Waals surface area contributed by atoms with Gasteiger partial charge in [0.25, 0.3) is 0 Å². The van der Waals surface area contributed by atoms with Gasteiger partial charge in [0.05, 0.1) is 18.8 Å². The highest BCUT2D eigenvalue weighted by Crippen LogP contribution is 2.29. The van der Waals surface area contributed by atoms with Gasteiger partial charge in [-0.15, -0.1) is 0 Å². The molecular weight excluding hydrogens is 394 g/mol. The number of nitrogens with zero attached hydrogens (tertiary/aromatic N) is 3. The van der Waals surface area contributed by atoms with Crippen LogP contribution in [0.4, 0.5) is 0 Å². The quantitative estimate of drug-likeness (QED) is 0.542. The summed E-state index contributed by atoms with van der Waals surface area (Å²) in [5, 5.41) is 4.27. The Morgan fingerprint density at radius 1 is 1.06 bits per heavy atom. The molecule has 2 aromatic carbocycles. The van der Waals surface area contributed by atoms with Crippen molar-refractivity contribution in [2.75, 3.05) is 6.61 Å². The van der Waals surface area contributed by atoms with E-state index in [0.717, 1.165) is 27.9 Å². The van der Waals surface area contributed by atoms with Crippen molar-refractivity contribution in [1.29, 1.82) is 0 Å². The van der Waals surface area contributed by atoms with Crippen LogP contribution in [0.1, 0.15) is 43.0 Å². The Morgan fingerprint density at radius 3 is 2.26 bits per heavy atom. The highest BCUT2D eigenvalue weighted by Gasteiger charge is 2.32. The number of esters is 1. The summed E-state index contributed by atoms with van der Waals surface area (Å²) >= 11 is 0. The number of rotatable bonds is 7. The SMILES string of the molecule is CCOC(=O)C(C)(C)Oc1c(C)cc(Cn2ncn(-c3ccc(C)cc3)c2=O)cc1C. The second-order valence-electron chi connectivity index (χ2n) is 8.17. The number of carbonyl (C=O) groups excluding carboxylic acids is 1. The highest BCUT2D eigenvalue weighted by molar-refractivity contribution is 5.79. The first kappa shape index (κ1) is 22.3. The lowest BCUT2D eigenvalue weighted by Gasteiger charge is -2.26. The van der Waals surface area contributed by atoms with E-state index < -0.39 is 11.6 Å². The molecule has 0 N–H and O–H groups in total. The lowest BCUT2D eigenvalue weighted by molar-refractivity contribution is -0.158. The summed E-state index contributed by atoms with van der Waals surface area (Å²) in [6, 6.07) is 11.6. The third kappa shape index (κ3) is 4.87. The van der Waals surface area contributed by atoms with Crippen molar-refractivity contribution >= 4 is 5.97 Å². The van der Waals surface area contributed by atoms with Crippen LogP contribution in [0.25, 0.3) is 5.69 Å². The van der Waals surface area contributed by atoms with Crippen molar-refractivity contribution in [3.63, 3.8) is 0 Å². The Balaban J connectivity index is 1.84. The topological polar surface area (TPSA) is 75.3 Å². The average molecular weight is 424 g/mol. The third-order valence-corrected chi connectivity index (χ3v) is 5.02. The molecule has 0 radical (unpaired) electrons. The number of aryl methyl sites for hydroxylation is 3. The maximum absolute atomic E-state index is 12.8. The lowest BCUT2D eigenvalue weighted by Crippen LogP contribution is -2.40. The van der Waals surface area contributed by atoms with Gasteiger partial charge in [-0.25, -0.2) is 18.8 Å². The minimum absolute atomic E-state index is 0.206. The van der Waals surface area contributed by atoms with E-state index in [4.69, 9.17) is 9.47 Å². The number of carbonyl (C=O) groups is 1. The molecule has 7 heteroatoms. The molecule has 1 aromatic heterocycles. The first-order valence-electron chi connectivity index (χ1n) is 10.3. The van der Waals surface area contributed by atoms with E-state index in [0.29, 0.717) is 18.9 Å². The third-order valence-electron chi connectivity index (χ3n) is 5.02. The maximum atomic E-state index is 12.8. The summed E-state index contributed by atoms with van der Waals surface area (Å²) in [4.78, 5) is 25.0. The molecule has 0 aliphatic rings. The molecule has 0 fully saturated rings. The summed E-state index contributed by atoms with van der Waals surface area (Å²) in [5.74, 6) is 0.227. The van der Waals surface area contributed by atoms with Crippen molar-refractivity contribution in [3.05, 3.63) is 75.5 Å². The van der Waals surface area contributed by atoms with Crippen molar-refractivity contribution in [3.8, 4) is 11.4 Å². The zero-order chi connectivity index (χ0) is 22.8. The van der Waals surface area contributed by atoms with Crippen molar-refractivity contribution in [1.82, 2.24) is 14.3 Å². The van der Waals surface area contributed by atoms with Crippen LogP contribution in [0.2, 0.25) is 0 Å². The minimum atomic E-state index is -1.10. The van der Waals surface area contributed by atoms with Crippen LogP contribution in [0.3, 0.4) is 0 Å². The van der Waals surface area contributed by atoms with Gasteiger partial charge in [-0.1, -0.05) is 29.8 Å². The van der Waals surface area contributed by atoms with Crippen LogP contribution in [0.15, 0.2) is 47.5 Å². The Morgan fingerprint density at radius 2 is 1.68 bits per heavy atom. The Hall–Kier alpha value is -3.35. The summed E-state index contributed by atoms with van der Waals surface area (Å²) < 4.78 is 14.1. The molecule has 31 heavy (non-hydrogen) atoms. The van der Waals surface area contributed by atoms with Crippen LogP contribution >= 0.6 is 0 Å². The molecule has 7 nitrogen and oxygen atoms in total. The first-order chi connectivity index (χ1) is 14.6. The summed E-state index contributed by atoms with van der Waals surface area (Å²) in [6.45, 7) is 11.6. The van der Waals surface area contributed by atoms with E-state index in [1.807, 2.05) is 57.2 Å². The van der Waals surface area contributed by atoms with Gasteiger partial charge in [-0.05, 0) is 70.4 Å². The molecule has 0 spiro atoms. The van der Waals surface area contributed by atoms with E-state index in [1.54, 1.807) is 20.8 Å². The standard InChI is InChI=1S/C24H29N3O4/c1-7-30-22(28)24(5,6)31-21-17(3)12-19(13-18(21)4)14-27-23(29)26(15-25-27)20-10-8-16(2)9-11-20/h8-13,15H,7,14H2,1-6H3. The van der Waals surface area contributed by atoms with E-state index in [9.17, 15) is 9.59 Å². The van der Waals surface area contributed by atoms with Crippen LogP contribution in [-0.2, 0) is 16.1 Å². The average Bonchev–Trinajstić information content (AvgIpc) is 3.06. The maximum Gasteiger partial charge on any atom is 0.350 e. The molecule has 0 aliphatic carbocycles. The number of hydrogen-bond donors (Lipinski definition) is 0. The highest BCUT2D eigenvalue weighted by atomic mass is 16.6. The van der Waals surface area contributed by atoms with Gasteiger partial charge >= 0.3 is 11.7 Å². The molecule has 0 amide bonds. The predicted octanol–water partition coefficient (Wildman–Crippen LogP) is 3.73. The zero-order valence-electron chi connectivity index (χ0n) is 18.9. The molecule has 0 saturated heterocycles. The second kappa shape index (κ2) is 8.79. The van der Waals surface area contributed by atoms with Gasteiger partial charge in [0.1, 0.15) is 12.1 Å². The lowest BCUT2D eigenvalue weighted by atomic mass is 10.0. The molecule has 0 aliphatic heterocycles. The molecule has 0 saturated carbocycles. The predicted molar refractivity (Wildman–Crippen MR) is 119 cm³/mol. The van der Waals surface area contributed by atoms with E-state index in [1.165, 1.54) is 15.6 Å². The van der Waals surface area contributed by atoms with Crippen LogP contribution in [-0.4, -0.2) is 32.5 Å². The molecule has 1 heterocycles. The normalized spacial score (nSPS) is 11.4. The van der Waals surface area contributed by atoms with Gasteiger partial charge in [0, 0.05) is 0 Å². The van der Waals surface area contributed by atoms with Crippen LogP contribution < -0.4 is 10.4 Å². The Kier molecular flexibility index (Phi) is 6.34. The minimum Gasteiger partial charge on any atom is -0.476 e. The van der Waals surface area contributed by atoms with Gasteiger partial charge < -0.3 is 9.47 Å². The van der Waals surface area contributed by atoms with E-state index in [2.05, 4.69) is 5.10 Å². The number of hydrogen-bond acceptors (Lipinski definition) is 5. The molecule has 0 bridgehead atoms. The monoisotopic (exact) mass is 423 g/mol. The second-order valence-corrected chi connectivity index (χ2v) is 8.17. The molecular formula is C24H29N3O4. The van der Waals surface area contributed by atoms with Crippen molar-refractivity contribution < 1.29 is 14.3 Å². The number of aromatic nitrogens is 3. The van der Waals surface area contributed by atoms with Crippen molar-refractivity contribution in [2.24, 2.45) is 0 Å². The zero-order valence-corrected chi connectivity index (χ0v) is 18.9. The fourth-order valence-corrected chi connectivity index (χ4v) is 3.39. The Bertz CT molecular complexity index is 1120. The molecule has 0 atom stereocenters. The van der Waals surface area contributed by atoms with Gasteiger partial charge in [0.2, 0.25) is 0 Å².